The highest BCUT2D eigenvalue weighted by Gasteiger charge is 2.23. The third-order valence-corrected chi connectivity index (χ3v) is 5.47. The highest BCUT2D eigenvalue weighted by Crippen LogP contribution is 2.33. The molecule has 194 valence electrons. The molecule has 3 aromatic rings. The highest BCUT2D eigenvalue weighted by atomic mass is 16.5. The Morgan fingerprint density at radius 3 is 2.68 bits per heavy atom. The van der Waals surface area contributed by atoms with Crippen LogP contribution >= 0.6 is 0 Å². The van der Waals surface area contributed by atoms with E-state index in [0.29, 0.717) is 49.3 Å². The topological polar surface area (TPSA) is 165 Å². The number of aromatic amines is 1. The van der Waals surface area contributed by atoms with Gasteiger partial charge in [0.2, 0.25) is 5.96 Å². The molecule has 0 spiro atoms. The Hall–Kier alpha value is -4.45. The fourth-order valence-corrected chi connectivity index (χ4v) is 3.69. The second-order valence-electron chi connectivity index (χ2n) is 8.06. The van der Waals surface area contributed by atoms with Crippen LogP contribution in [0, 0.1) is 5.41 Å². The number of aliphatic imine (C=N–C) groups is 2. The fourth-order valence-electron chi connectivity index (χ4n) is 3.69. The number of hydrogen-bond donors (Lipinski definition) is 4. The quantitative estimate of drug-likeness (QED) is 0.176. The Labute approximate surface area is 213 Å². The zero-order valence-corrected chi connectivity index (χ0v) is 20.7. The number of ether oxygens (including phenoxy) is 3. The molecule has 2 heterocycles. The summed E-state index contributed by atoms with van der Waals surface area (Å²) in [5.74, 6) is 1.71. The first-order chi connectivity index (χ1) is 18.0. The van der Waals surface area contributed by atoms with Gasteiger partial charge < -0.3 is 25.3 Å². The summed E-state index contributed by atoms with van der Waals surface area (Å²) in [6.45, 7) is 3.69. The molecule has 0 fully saturated rings. The lowest BCUT2D eigenvalue weighted by atomic mass is 10.0. The molecule has 1 atom stereocenters. The van der Waals surface area contributed by atoms with Crippen molar-refractivity contribution in [3.05, 3.63) is 69.9 Å². The van der Waals surface area contributed by atoms with E-state index in [0.717, 1.165) is 22.4 Å². The van der Waals surface area contributed by atoms with Crippen molar-refractivity contribution in [2.45, 2.75) is 19.4 Å². The van der Waals surface area contributed by atoms with Gasteiger partial charge in [0.15, 0.2) is 17.3 Å². The summed E-state index contributed by atoms with van der Waals surface area (Å²) in [6, 6.07) is 12.1. The monoisotopic (exact) mass is 506 g/mol. The molecule has 1 aliphatic rings. The van der Waals surface area contributed by atoms with Crippen LogP contribution in [0.15, 0.2) is 57.2 Å². The molecule has 37 heavy (non-hydrogen) atoms. The molecule has 0 saturated carbocycles. The smallest absolute Gasteiger partial charge is 0.350 e. The fraction of sp³-hybridized carbons (Fsp3) is 0.320. The number of anilines is 1. The molecular weight excluding hydrogens is 476 g/mol. The largest absolute Gasteiger partial charge is 0.490 e. The number of nitrogen functional groups attached to an aromatic ring is 1. The second-order valence-corrected chi connectivity index (χ2v) is 8.06. The number of nitrogens with zero attached hydrogens (tertiary/aromatic N) is 4. The van der Waals surface area contributed by atoms with Crippen LogP contribution in [0.2, 0.25) is 0 Å². The molecule has 0 radical (unpaired) electrons. The van der Waals surface area contributed by atoms with Gasteiger partial charge in [-0.3, -0.25) is 10.4 Å². The molecule has 12 nitrogen and oxygen atoms in total. The number of amidine groups is 1. The van der Waals surface area contributed by atoms with Crippen LogP contribution in [0.4, 0.5) is 5.69 Å². The Kier molecular flexibility index (Phi) is 8.31. The number of nitrogens with one attached hydrogen (secondary N) is 3. The molecular formula is C25H30N8O4. The SMILES string of the molecule is CCOc1cc(C(Nc2ccc(C(=N)N)cc2)c2nn(C3=NCCC=N3)c(=O)[nH]2)ccc1OCCOC. The number of nitrogens with two attached hydrogens (primary N) is 1. The predicted molar refractivity (Wildman–Crippen MR) is 142 cm³/mol. The number of benzene rings is 2. The van der Waals surface area contributed by atoms with Crippen molar-refractivity contribution in [3.8, 4) is 11.5 Å². The van der Waals surface area contributed by atoms with Crippen LogP contribution in [0.1, 0.15) is 36.3 Å². The molecule has 0 saturated heterocycles. The molecule has 12 heteroatoms. The normalized spacial score (nSPS) is 13.6. The summed E-state index contributed by atoms with van der Waals surface area (Å²) in [5, 5.41) is 15.6. The van der Waals surface area contributed by atoms with E-state index in [1.54, 1.807) is 37.6 Å². The van der Waals surface area contributed by atoms with Gasteiger partial charge in [-0.1, -0.05) is 6.07 Å². The Morgan fingerprint density at radius 2 is 2.00 bits per heavy atom. The molecule has 1 aliphatic heterocycles. The van der Waals surface area contributed by atoms with Crippen LogP contribution in [-0.2, 0) is 4.74 Å². The highest BCUT2D eigenvalue weighted by molar-refractivity contribution is 5.95. The van der Waals surface area contributed by atoms with Crippen molar-refractivity contribution in [2.75, 3.05) is 38.8 Å². The van der Waals surface area contributed by atoms with Gasteiger partial charge in [0.25, 0.3) is 0 Å². The first-order valence-electron chi connectivity index (χ1n) is 11.9. The lowest BCUT2D eigenvalue weighted by Gasteiger charge is -2.20. The van der Waals surface area contributed by atoms with E-state index in [1.807, 2.05) is 25.1 Å². The van der Waals surface area contributed by atoms with Crippen LogP contribution in [0.3, 0.4) is 0 Å². The lowest BCUT2D eigenvalue weighted by molar-refractivity contribution is 0.143. The number of aromatic nitrogens is 3. The molecule has 1 unspecified atom stereocenters. The van der Waals surface area contributed by atoms with Crippen molar-refractivity contribution in [3.63, 3.8) is 0 Å². The summed E-state index contributed by atoms with van der Waals surface area (Å²) in [7, 11) is 1.61. The average molecular weight is 507 g/mol. The van der Waals surface area contributed by atoms with Crippen LogP contribution in [-0.4, -0.2) is 66.2 Å². The van der Waals surface area contributed by atoms with Crippen LogP contribution < -0.4 is 26.2 Å². The van der Waals surface area contributed by atoms with Gasteiger partial charge in [-0.15, -0.1) is 9.78 Å². The molecule has 1 aromatic heterocycles. The third-order valence-electron chi connectivity index (χ3n) is 5.47. The van der Waals surface area contributed by atoms with Crippen molar-refractivity contribution in [2.24, 2.45) is 15.7 Å². The van der Waals surface area contributed by atoms with Gasteiger partial charge in [0.05, 0.1) is 13.2 Å². The second kappa shape index (κ2) is 12.0. The first-order valence-corrected chi connectivity index (χ1v) is 11.9. The van der Waals surface area contributed by atoms with Crippen molar-refractivity contribution in [1.29, 1.82) is 5.41 Å². The van der Waals surface area contributed by atoms with Crippen molar-refractivity contribution in [1.82, 2.24) is 14.8 Å². The maximum atomic E-state index is 12.8. The number of H-pyrrole nitrogens is 1. The number of hydrogen-bond acceptors (Lipinski definition) is 9. The first kappa shape index (κ1) is 25.6. The predicted octanol–water partition coefficient (Wildman–Crippen LogP) is 2.16. The van der Waals surface area contributed by atoms with Gasteiger partial charge >= 0.3 is 5.69 Å². The Bertz CT molecular complexity index is 1340. The van der Waals surface area contributed by atoms with Gasteiger partial charge in [-0.05, 0) is 48.9 Å². The summed E-state index contributed by atoms with van der Waals surface area (Å²) < 4.78 is 17.9. The summed E-state index contributed by atoms with van der Waals surface area (Å²) in [6.07, 6.45) is 2.43. The molecule has 2 aromatic carbocycles. The van der Waals surface area contributed by atoms with E-state index in [4.69, 9.17) is 25.4 Å². The minimum absolute atomic E-state index is 0.0228. The molecule has 0 amide bonds. The van der Waals surface area contributed by atoms with Gasteiger partial charge in [-0.25, -0.2) is 14.8 Å². The van der Waals surface area contributed by atoms with Crippen molar-refractivity contribution >= 4 is 23.7 Å². The summed E-state index contributed by atoms with van der Waals surface area (Å²) in [4.78, 5) is 24.1. The van der Waals surface area contributed by atoms with Gasteiger partial charge in [0, 0.05) is 37.5 Å². The van der Waals surface area contributed by atoms with Gasteiger partial charge in [-0.2, -0.15) is 0 Å². The minimum Gasteiger partial charge on any atom is -0.490 e. The van der Waals surface area contributed by atoms with Gasteiger partial charge in [0.1, 0.15) is 18.5 Å². The van der Waals surface area contributed by atoms with E-state index < -0.39 is 11.7 Å². The van der Waals surface area contributed by atoms with E-state index in [-0.39, 0.29) is 11.8 Å². The zero-order valence-electron chi connectivity index (χ0n) is 20.7. The standard InChI is InChI=1S/C25H30N8O4/c1-3-36-20-15-17(7-10-19(20)37-14-13-35-2)21(30-18-8-5-16(6-9-18)22(26)27)23-31-25(34)33(32-23)24-28-11-4-12-29-24/h5-11,15,21,30H,3-4,12-14H2,1-2H3,(H3,26,27)(H,31,32,34). The Morgan fingerprint density at radius 1 is 1.19 bits per heavy atom. The maximum absolute atomic E-state index is 12.8. The van der Waals surface area contributed by atoms with E-state index in [9.17, 15) is 4.79 Å². The third kappa shape index (κ3) is 6.22. The Balaban J connectivity index is 1.73. The number of rotatable bonds is 11. The minimum atomic E-state index is -0.572. The van der Waals surface area contributed by atoms with Crippen molar-refractivity contribution < 1.29 is 14.2 Å². The molecule has 0 bridgehead atoms. The van der Waals surface area contributed by atoms with E-state index >= 15 is 0 Å². The number of methoxy groups -OCH3 is 1. The lowest BCUT2D eigenvalue weighted by Crippen LogP contribution is -2.26. The van der Waals surface area contributed by atoms with Crippen LogP contribution in [0.25, 0.3) is 0 Å². The maximum Gasteiger partial charge on any atom is 0.350 e. The van der Waals surface area contributed by atoms with E-state index in [1.165, 1.54) is 0 Å². The molecule has 0 aliphatic carbocycles. The summed E-state index contributed by atoms with van der Waals surface area (Å²) >= 11 is 0. The molecule has 4 rings (SSSR count). The van der Waals surface area contributed by atoms with E-state index in [2.05, 4.69) is 25.4 Å². The summed E-state index contributed by atoms with van der Waals surface area (Å²) in [5.41, 5.74) is 7.25. The molecule has 5 N–H and O–H groups in total. The van der Waals surface area contributed by atoms with Crippen LogP contribution in [0.5, 0.6) is 11.5 Å². The average Bonchev–Trinajstić information content (AvgIpc) is 3.30. The zero-order chi connectivity index (χ0) is 26.2.